The molecule has 2 aliphatic heterocycles. The van der Waals surface area contributed by atoms with Crippen molar-refractivity contribution < 1.29 is 37.5 Å². The number of hydrogen-bond acceptors (Lipinski definition) is 7. The maximum absolute atomic E-state index is 13.3. The highest BCUT2D eigenvalue weighted by atomic mass is 19.4. The molecule has 2 saturated heterocycles. The summed E-state index contributed by atoms with van der Waals surface area (Å²) in [5, 5.41) is 31.2. The summed E-state index contributed by atoms with van der Waals surface area (Å²) >= 11 is 0. The molecule has 13 heteroatoms. The fourth-order valence-electron chi connectivity index (χ4n) is 5.30. The van der Waals surface area contributed by atoms with Gasteiger partial charge in [-0.3, -0.25) is 9.69 Å². The van der Waals surface area contributed by atoms with Crippen molar-refractivity contribution in [3.8, 4) is 6.07 Å². The van der Waals surface area contributed by atoms with Gasteiger partial charge < -0.3 is 25.0 Å². The van der Waals surface area contributed by atoms with Crippen molar-refractivity contribution in [1.82, 2.24) is 15.1 Å². The molecule has 224 valence electrons. The zero-order chi connectivity index (χ0) is 30.6. The van der Waals surface area contributed by atoms with Crippen LogP contribution in [-0.4, -0.2) is 76.8 Å². The van der Waals surface area contributed by atoms with E-state index in [1.165, 1.54) is 4.90 Å². The van der Waals surface area contributed by atoms with Crippen LogP contribution in [0.2, 0.25) is 6.32 Å². The first-order valence-electron chi connectivity index (χ1n) is 13.7. The van der Waals surface area contributed by atoms with E-state index in [1.807, 2.05) is 19.9 Å². The Hall–Kier alpha value is -3.08. The van der Waals surface area contributed by atoms with Crippen molar-refractivity contribution >= 4 is 19.1 Å². The average molecular weight is 578 g/mol. The molecule has 2 heterocycles. The molecule has 0 radical (unpaired) electrons. The van der Waals surface area contributed by atoms with Gasteiger partial charge in [0.15, 0.2) is 0 Å². The van der Waals surface area contributed by atoms with Gasteiger partial charge in [0, 0.05) is 24.9 Å². The van der Waals surface area contributed by atoms with E-state index in [-0.39, 0.29) is 29.4 Å². The molecule has 41 heavy (non-hydrogen) atoms. The van der Waals surface area contributed by atoms with Crippen LogP contribution in [0.1, 0.15) is 64.1 Å². The van der Waals surface area contributed by atoms with Gasteiger partial charge in [-0.1, -0.05) is 26.0 Å². The van der Waals surface area contributed by atoms with Gasteiger partial charge in [-0.15, -0.1) is 0 Å². The summed E-state index contributed by atoms with van der Waals surface area (Å²) in [6, 6.07) is 4.99. The number of carbonyl (C=O) groups is 2. The first kappa shape index (κ1) is 32.4. The number of nitrogens with one attached hydrogen (secondary N) is 1. The lowest BCUT2D eigenvalue weighted by Crippen LogP contribution is -2.46. The minimum absolute atomic E-state index is 0.0177. The topological polar surface area (TPSA) is 126 Å². The first-order chi connectivity index (χ1) is 19.0. The van der Waals surface area contributed by atoms with Crippen molar-refractivity contribution in [3.63, 3.8) is 0 Å². The number of alkyl carbamates (subject to hydrolysis) is 1. The fourth-order valence-corrected chi connectivity index (χ4v) is 5.30. The van der Waals surface area contributed by atoms with Gasteiger partial charge in [-0.2, -0.15) is 18.4 Å². The molecule has 1 aromatic carbocycles. The molecule has 0 unspecified atom stereocenters. The second kappa shape index (κ2) is 12.8. The standard InChI is InChI=1S/C28H38BF3N4O5/c1-26(2)11-13-36(18-26)27(3,4)14-20(16-33)24(37)35-12-5-6-22(17-35)41-25(38)34-23(15-29(39)40)19-7-9-21(10-8-19)28(30,31)32/h7-10,14,22-23,39-40H,5-6,11-13,15,17-18H2,1-4H3,(H,34,38)/t22-,23+/m0/s1. The molecule has 1 aromatic rings. The van der Waals surface area contributed by atoms with Gasteiger partial charge in [0.1, 0.15) is 17.7 Å². The third-order valence-corrected chi connectivity index (χ3v) is 7.66. The summed E-state index contributed by atoms with van der Waals surface area (Å²) in [6.07, 6.45) is -2.81. The Balaban J connectivity index is 1.64. The molecule has 0 aromatic heterocycles. The van der Waals surface area contributed by atoms with E-state index in [0.717, 1.165) is 43.8 Å². The molecule has 2 fully saturated rings. The van der Waals surface area contributed by atoms with Crippen LogP contribution >= 0.6 is 0 Å². The molecule has 2 amide bonds. The quantitative estimate of drug-likeness (QED) is 0.243. The van der Waals surface area contributed by atoms with Gasteiger partial charge in [0.2, 0.25) is 0 Å². The third kappa shape index (κ3) is 8.95. The van der Waals surface area contributed by atoms with E-state index < -0.39 is 48.5 Å². The van der Waals surface area contributed by atoms with E-state index in [9.17, 15) is 38.1 Å². The van der Waals surface area contributed by atoms with Crippen molar-refractivity contribution in [2.45, 2.75) is 77.1 Å². The normalized spacial score (nSPS) is 20.7. The first-order valence-corrected chi connectivity index (χ1v) is 13.7. The Bertz CT molecular complexity index is 1160. The van der Waals surface area contributed by atoms with Crippen LogP contribution in [0, 0.1) is 16.7 Å². The summed E-state index contributed by atoms with van der Waals surface area (Å²) < 4.78 is 44.3. The van der Waals surface area contributed by atoms with Crippen LogP contribution in [0.15, 0.2) is 35.9 Å². The Labute approximate surface area is 239 Å². The lowest BCUT2D eigenvalue weighted by atomic mass is 9.79. The van der Waals surface area contributed by atoms with Crippen molar-refractivity contribution in [2.24, 2.45) is 5.41 Å². The van der Waals surface area contributed by atoms with E-state index in [4.69, 9.17) is 4.74 Å². The Kier molecular flexibility index (Phi) is 10.2. The van der Waals surface area contributed by atoms with Gasteiger partial charge in [-0.25, -0.2) is 4.79 Å². The van der Waals surface area contributed by atoms with Crippen LogP contribution in [-0.2, 0) is 15.7 Å². The predicted octanol–water partition coefficient (Wildman–Crippen LogP) is 3.90. The molecule has 0 bridgehead atoms. The minimum atomic E-state index is -4.54. The van der Waals surface area contributed by atoms with Crippen LogP contribution in [0.3, 0.4) is 0 Å². The molecule has 9 nitrogen and oxygen atoms in total. The van der Waals surface area contributed by atoms with E-state index in [2.05, 4.69) is 24.1 Å². The molecular formula is C28H38BF3N4O5. The van der Waals surface area contributed by atoms with Crippen molar-refractivity contribution in [3.05, 3.63) is 47.0 Å². The summed E-state index contributed by atoms with van der Waals surface area (Å²) in [7, 11) is -1.84. The van der Waals surface area contributed by atoms with Crippen molar-refractivity contribution in [2.75, 3.05) is 26.2 Å². The number of alkyl halides is 3. The summed E-state index contributed by atoms with van der Waals surface area (Å²) in [5.74, 6) is -0.446. The van der Waals surface area contributed by atoms with E-state index in [0.29, 0.717) is 19.4 Å². The Morgan fingerprint density at radius 1 is 1.24 bits per heavy atom. The highest BCUT2D eigenvalue weighted by molar-refractivity contribution is 6.41. The number of hydrogen-bond donors (Lipinski definition) is 3. The molecule has 3 N–H and O–H groups in total. The second-order valence-corrected chi connectivity index (χ2v) is 12.1. The average Bonchev–Trinajstić information content (AvgIpc) is 3.26. The van der Waals surface area contributed by atoms with Crippen LogP contribution in [0.5, 0.6) is 0 Å². The van der Waals surface area contributed by atoms with Crippen molar-refractivity contribution in [1.29, 1.82) is 5.26 Å². The number of nitriles is 1. The maximum atomic E-state index is 13.3. The second-order valence-electron chi connectivity index (χ2n) is 12.1. The highest BCUT2D eigenvalue weighted by Gasteiger charge is 2.38. The number of piperidine rings is 1. The summed E-state index contributed by atoms with van der Waals surface area (Å²) in [6.45, 7) is 10.5. The molecule has 0 spiro atoms. The van der Waals surface area contributed by atoms with Crippen LogP contribution in [0.25, 0.3) is 0 Å². The minimum Gasteiger partial charge on any atom is -0.444 e. The number of amides is 2. The van der Waals surface area contributed by atoms with Crippen LogP contribution < -0.4 is 5.32 Å². The third-order valence-electron chi connectivity index (χ3n) is 7.66. The number of benzene rings is 1. The van der Waals surface area contributed by atoms with Crippen LogP contribution in [0.4, 0.5) is 18.0 Å². The Morgan fingerprint density at radius 3 is 2.44 bits per heavy atom. The number of likely N-dealkylation sites (tertiary alicyclic amines) is 2. The fraction of sp³-hybridized carbons (Fsp3) is 0.607. The number of carbonyl (C=O) groups excluding carboxylic acids is 2. The maximum Gasteiger partial charge on any atom is 0.453 e. The van der Waals surface area contributed by atoms with Gasteiger partial charge >= 0.3 is 19.4 Å². The molecule has 2 atom stereocenters. The molecule has 0 aliphatic carbocycles. The molecule has 3 rings (SSSR count). The van der Waals surface area contributed by atoms with Gasteiger partial charge in [0.05, 0.1) is 18.2 Å². The zero-order valence-corrected chi connectivity index (χ0v) is 23.9. The lowest BCUT2D eigenvalue weighted by Gasteiger charge is -2.35. The monoisotopic (exact) mass is 578 g/mol. The smallest absolute Gasteiger partial charge is 0.444 e. The van der Waals surface area contributed by atoms with Gasteiger partial charge in [0.25, 0.3) is 5.91 Å². The summed E-state index contributed by atoms with van der Waals surface area (Å²) in [4.78, 5) is 29.7. The van der Waals surface area contributed by atoms with Gasteiger partial charge in [-0.05, 0) is 68.8 Å². The molecule has 2 aliphatic rings. The number of halogens is 3. The van der Waals surface area contributed by atoms with E-state index in [1.54, 1.807) is 6.08 Å². The summed E-state index contributed by atoms with van der Waals surface area (Å²) in [5.41, 5.74) is -0.983. The number of nitrogens with zero attached hydrogens (tertiary/aromatic N) is 3. The predicted molar refractivity (Wildman–Crippen MR) is 146 cm³/mol. The molecule has 0 saturated carbocycles. The largest absolute Gasteiger partial charge is 0.453 e. The zero-order valence-electron chi connectivity index (χ0n) is 23.9. The molecular weight excluding hydrogens is 540 g/mol. The lowest BCUT2D eigenvalue weighted by molar-refractivity contribution is -0.137. The SMILES string of the molecule is CC1(C)CCN(C(C)(C)C=C(C#N)C(=O)N2CCC[C@H](OC(=O)N[C@H](CB(O)O)c3ccc(C(F)(F)F)cc3)C2)C1. The number of ether oxygens (including phenoxy) is 1. The highest BCUT2D eigenvalue weighted by Crippen LogP contribution is 2.35. The van der Waals surface area contributed by atoms with E-state index >= 15 is 0 Å². The Morgan fingerprint density at radius 2 is 1.90 bits per heavy atom. The number of rotatable bonds is 8.